The molecule has 0 aliphatic carbocycles. The van der Waals surface area contributed by atoms with E-state index < -0.39 is 11.2 Å². The van der Waals surface area contributed by atoms with Crippen LogP contribution in [0.2, 0.25) is 5.15 Å². The first-order valence-electron chi connectivity index (χ1n) is 9.73. The van der Waals surface area contributed by atoms with Gasteiger partial charge in [0.25, 0.3) is 5.56 Å². The second kappa shape index (κ2) is 8.15. The lowest BCUT2D eigenvalue weighted by molar-refractivity contribution is -0.114. The van der Waals surface area contributed by atoms with E-state index in [1.165, 1.54) is 24.5 Å². The minimum atomic E-state index is -0.580. The highest BCUT2D eigenvalue weighted by Crippen LogP contribution is 2.28. The van der Waals surface area contributed by atoms with Crippen LogP contribution >= 0.6 is 22.9 Å². The maximum atomic E-state index is 13.3. The fourth-order valence-corrected chi connectivity index (χ4v) is 4.58. The van der Waals surface area contributed by atoms with Gasteiger partial charge in [0, 0.05) is 29.8 Å². The smallest absolute Gasteiger partial charge is 0.305 e. The molecule has 164 valence electrons. The summed E-state index contributed by atoms with van der Waals surface area (Å²) in [5.41, 5.74) is 2.00. The Hall–Kier alpha value is -4.02. The monoisotopic (exact) mass is 478 g/mol. The number of halogens is 1. The molecule has 4 aromatic heterocycles. The summed E-state index contributed by atoms with van der Waals surface area (Å²) in [6, 6.07) is 12.1. The van der Waals surface area contributed by atoms with Crippen LogP contribution in [0.1, 0.15) is 6.92 Å². The predicted octanol–water partition coefficient (Wildman–Crippen LogP) is 3.60. The number of thiazole rings is 1. The molecule has 0 bridgehead atoms. The van der Waals surface area contributed by atoms with Crippen molar-refractivity contribution in [3.8, 4) is 22.6 Å². The third-order valence-electron chi connectivity index (χ3n) is 4.92. The highest BCUT2D eigenvalue weighted by Gasteiger charge is 2.18. The van der Waals surface area contributed by atoms with E-state index in [0.29, 0.717) is 27.7 Å². The van der Waals surface area contributed by atoms with E-state index in [4.69, 9.17) is 11.6 Å². The van der Waals surface area contributed by atoms with Crippen molar-refractivity contribution in [2.75, 3.05) is 5.32 Å². The van der Waals surface area contributed by atoms with Gasteiger partial charge in [0.15, 0.2) is 5.13 Å². The van der Waals surface area contributed by atoms with Crippen LogP contribution in [-0.2, 0) is 4.79 Å². The first kappa shape index (κ1) is 20.9. The van der Waals surface area contributed by atoms with Crippen LogP contribution in [0.3, 0.4) is 0 Å². The SMILES string of the molecule is CC(=O)Nc1nc(-c2ccc(-n3c(Cl)cc4[nH]c(=O)n(-c5cccnc5)c(=O)c43)cc2)cs1. The molecule has 0 aliphatic heterocycles. The van der Waals surface area contributed by atoms with Gasteiger partial charge in [-0.15, -0.1) is 11.3 Å². The molecule has 0 saturated carbocycles. The zero-order valence-corrected chi connectivity index (χ0v) is 18.6. The third-order valence-corrected chi connectivity index (χ3v) is 5.95. The van der Waals surface area contributed by atoms with Crippen LogP contribution in [0.4, 0.5) is 5.13 Å². The van der Waals surface area contributed by atoms with Crippen LogP contribution in [0.5, 0.6) is 0 Å². The summed E-state index contributed by atoms with van der Waals surface area (Å²) < 4.78 is 2.60. The molecule has 0 saturated heterocycles. The molecule has 0 radical (unpaired) electrons. The van der Waals surface area contributed by atoms with Gasteiger partial charge in [0.05, 0.1) is 23.1 Å². The lowest BCUT2D eigenvalue weighted by Crippen LogP contribution is -2.34. The number of fused-ring (bicyclic) bond motifs is 1. The second-order valence-electron chi connectivity index (χ2n) is 7.11. The molecule has 0 fully saturated rings. The van der Waals surface area contributed by atoms with Crippen molar-refractivity contribution in [2.45, 2.75) is 6.92 Å². The van der Waals surface area contributed by atoms with Gasteiger partial charge in [-0.3, -0.25) is 19.1 Å². The number of benzene rings is 1. The first-order chi connectivity index (χ1) is 15.9. The highest BCUT2D eigenvalue weighted by molar-refractivity contribution is 7.14. The van der Waals surface area contributed by atoms with Gasteiger partial charge in [-0.25, -0.2) is 14.3 Å². The molecule has 1 aromatic carbocycles. The molecule has 9 nitrogen and oxygen atoms in total. The van der Waals surface area contributed by atoms with Gasteiger partial charge in [-0.2, -0.15) is 0 Å². The molecule has 33 heavy (non-hydrogen) atoms. The number of rotatable bonds is 4. The minimum absolute atomic E-state index is 0.185. The normalized spacial score (nSPS) is 11.1. The van der Waals surface area contributed by atoms with Gasteiger partial charge in [0.1, 0.15) is 10.7 Å². The summed E-state index contributed by atoms with van der Waals surface area (Å²) in [7, 11) is 0. The molecule has 0 aliphatic rings. The lowest BCUT2D eigenvalue weighted by atomic mass is 10.1. The lowest BCUT2D eigenvalue weighted by Gasteiger charge is -2.09. The average Bonchev–Trinajstić information content (AvgIpc) is 3.38. The van der Waals surface area contributed by atoms with Crippen molar-refractivity contribution >= 4 is 45.0 Å². The molecule has 0 unspecified atom stereocenters. The number of aromatic amines is 1. The van der Waals surface area contributed by atoms with Crippen LogP contribution in [0.15, 0.2) is 69.8 Å². The van der Waals surface area contributed by atoms with Crippen molar-refractivity contribution in [1.82, 2.24) is 24.1 Å². The van der Waals surface area contributed by atoms with E-state index in [0.717, 1.165) is 10.1 Å². The van der Waals surface area contributed by atoms with Crippen molar-refractivity contribution < 1.29 is 4.79 Å². The standard InChI is InChI=1S/C22H15ClN6O3S/c1-12(30)25-21-26-17(11-33-21)13-4-6-14(7-5-13)28-18(23)9-16-19(28)20(31)29(22(32)27-16)15-3-2-8-24-10-15/h2-11H,1H3,(H,27,32)(H,25,26,30). The number of anilines is 1. The fourth-order valence-electron chi connectivity index (χ4n) is 3.52. The Morgan fingerprint density at radius 3 is 2.61 bits per heavy atom. The number of pyridine rings is 1. The summed E-state index contributed by atoms with van der Waals surface area (Å²) >= 11 is 7.79. The molecule has 5 aromatic rings. The van der Waals surface area contributed by atoms with Crippen molar-refractivity contribution in [3.05, 3.63) is 86.2 Å². The number of H-pyrrole nitrogens is 1. The largest absolute Gasteiger partial charge is 0.333 e. The number of hydrogen-bond donors (Lipinski definition) is 2. The Balaban J connectivity index is 1.61. The minimum Gasteiger partial charge on any atom is -0.305 e. The zero-order chi connectivity index (χ0) is 23.1. The molecule has 0 spiro atoms. The number of nitrogens with one attached hydrogen (secondary N) is 2. The van der Waals surface area contributed by atoms with Crippen LogP contribution < -0.4 is 16.6 Å². The maximum absolute atomic E-state index is 13.3. The van der Waals surface area contributed by atoms with Gasteiger partial charge in [-0.1, -0.05) is 23.7 Å². The van der Waals surface area contributed by atoms with Gasteiger partial charge in [0.2, 0.25) is 5.91 Å². The van der Waals surface area contributed by atoms with Gasteiger partial charge >= 0.3 is 5.69 Å². The number of nitrogens with zero attached hydrogens (tertiary/aromatic N) is 4. The Bertz CT molecular complexity index is 1620. The summed E-state index contributed by atoms with van der Waals surface area (Å²) in [4.78, 5) is 48.2. The van der Waals surface area contributed by atoms with E-state index in [2.05, 4.69) is 20.3 Å². The summed E-state index contributed by atoms with van der Waals surface area (Å²) in [6.07, 6.45) is 3.00. The second-order valence-corrected chi connectivity index (χ2v) is 8.36. The number of hydrogen-bond acceptors (Lipinski definition) is 6. The Morgan fingerprint density at radius 1 is 1.12 bits per heavy atom. The quantitative estimate of drug-likeness (QED) is 0.409. The molecule has 4 heterocycles. The average molecular weight is 479 g/mol. The van der Waals surface area contributed by atoms with E-state index in [1.54, 1.807) is 41.1 Å². The number of carbonyl (C=O) groups excluding carboxylic acids is 1. The predicted molar refractivity (Wildman–Crippen MR) is 128 cm³/mol. The number of aromatic nitrogens is 5. The molecule has 1 amide bonds. The molecule has 5 rings (SSSR count). The highest BCUT2D eigenvalue weighted by atomic mass is 35.5. The first-order valence-corrected chi connectivity index (χ1v) is 11.0. The molecular weight excluding hydrogens is 464 g/mol. The number of carbonyl (C=O) groups is 1. The fraction of sp³-hybridized carbons (Fsp3) is 0.0455. The van der Waals surface area contributed by atoms with Gasteiger partial charge < -0.3 is 10.3 Å². The molecule has 11 heteroatoms. The Morgan fingerprint density at radius 2 is 1.91 bits per heavy atom. The molecule has 0 atom stereocenters. The maximum Gasteiger partial charge on any atom is 0.333 e. The van der Waals surface area contributed by atoms with Gasteiger partial charge in [-0.05, 0) is 30.3 Å². The summed E-state index contributed by atoms with van der Waals surface area (Å²) in [5.74, 6) is -0.185. The van der Waals surface area contributed by atoms with E-state index in [-0.39, 0.29) is 16.6 Å². The molecule has 2 N–H and O–H groups in total. The third kappa shape index (κ3) is 3.75. The Labute approximate surface area is 194 Å². The number of amides is 1. The van der Waals surface area contributed by atoms with E-state index in [1.807, 2.05) is 17.5 Å². The van der Waals surface area contributed by atoms with Crippen LogP contribution in [0, 0.1) is 0 Å². The van der Waals surface area contributed by atoms with Crippen LogP contribution in [0.25, 0.3) is 33.7 Å². The van der Waals surface area contributed by atoms with Crippen molar-refractivity contribution in [3.63, 3.8) is 0 Å². The van der Waals surface area contributed by atoms with Crippen molar-refractivity contribution in [2.24, 2.45) is 0 Å². The Kier molecular flexibility index (Phi) is 5.15. The summed E-state index contributed by atoms with van der Waals surface area (Å²) in [5, 5.41) is 5.29. The zero-order valence-electron chi connectivity index (χ0n) is 17.1. The summed E-state index contributed by atoms with van der Waals surface area (Å²) in [6.45, 7) is 1.43. The van der Waals surface area contributed by atoms with Crippen LogP contribution in [-0.4, -0.2) is 30.0 Å². The van der Waals surface area contributed by atoms with E-state index >= 15 is 0 Å². The van der Waals surface area contributed by atoms with E-state index in [9.17, 15) is 14.4 Å². The van der Waals surface area contributed by atoms with Crippen molar-refractivity contribution in [1.29, 1.82) is 0 Å². The topological polar surface area (TPSA) is 115 Å². The molecular formula is C22H15ClN6O3S.